The average Bonchev–Trinajstić information content (AvgIpc) is 2.71. The molecule has 0 saturated heterocycles. The van der Waals surface area contributed by atoms with Crippen LogP contribution >= 0.6 is 0 Å². The molecule has 0 amide bonds. The lowest BCUT2D eigenvalue weighted by Crippen LogP contribution is -2.08. The van der Waals surface area contributed by atoms with Gasteiger partial charge in [-0.2, -0.15) is 0 Å². The second-order valence-corrected chi connectivity index (χ2v) is 6.34. The Hall–Kier alpha value is -3.14. The summed E-state index contributed by atoms with van der Waals surface area (Å²) in [5.74, 6) is -0.611. The van der Waals surface area contributed by atoms with Crippen LogP contribution in [0.15, 0.2) is 72.8 Å². The minimum atomic E-state index is -0.306. The van der Waals surface area contributed by atoms with Gasteiger partial charge in [0, 0.05) is 12.8 Å². The number of carbonyl (C=O) groups is 2. The third-order valence-corrected chi connectivity index (χ3v) is 4.22. The molecule has 138 valence electrons. The molecule has 27 heavy (non-hydrogen) atoms. The van der Waals surface area contributed by atoms with Crippen molar-refractivity contribution in [2.75, 3.05) is 0 Å². The number of hydrogen-bond donors (Lipinski definition) is 0. The predicted octanol–water partition coefficient (Wildman–Crippen LogP) is 4.80. The van der Waals surface area contributed by atoms with E-state index < -0.39 is 0 Å². The normalized spacial score (nSPS) is 10.5. The molecule has 0 aliphatic carbocycles. The molecule has 0 aromatic heterocycles. The number of ether oxygens (including phenoxy) is 2. The maximum atomic E-state index is 11.9. The molecule has 0 aliphatic rings. The maximum Gasteiger partial charge on any atom is 0.306 e. The number of fused-ring (bicyclic) bond motifs is 1. The molecule has 4 heteroatoms. The summed E-state index contributed by atoms with van der Waals surface area (Å²) in [5, 5.41) is 2.27. The van der Waals surface area contributed by atoms with Crippen molar-refractivity contribution >= 4 is 22.7 Å². The molecule has 0 spiro atoms. The van der Waals surface area contributed by atoms with E-state index in [2.05, 4.69) is 0 Å². The Morgan fingerprint density at radius 3 is 1.93 bits per heavy atom. The van der Waals surface area contributed by atoms with Gasteiger partial charge in [0.15, 0.2) is 0 Å². The van der Waals surface area contributed by atoms with Crippen molar-refractivity contribution in [2.24, 2.45) is 0 Å². The quantitative estimate of drug-likeness (QED) is 0.540. The number of carbonyl (C=O) groups excluding carboxylic acids is 2. The summed E-state index contributed by atoms with van der Waals surface area (Å²) in [5.41, 5.74) is 1.89. The molecule has 3 rings (SSSR count). The summed E-state index contributed by atoms with van der Waals surface area (Å²) >= 11 is 0. The van der Waals surface area contributed by atoms with Gasteiger partial charge in [0.25, 0.3) is 0 Å². The Morgan fingerprint density at radius 1 is 0.630 bits per heavy atom. The van der Waals surface area contributed by atoms with Crippen molar-refractivity contribution in [3.05, 3.63) is 83.9 Å². The van der Waals surface area contributed by atoms with Gasteiger partial charge < -0.3 is 9.47 Å². The molecule has 3 aromatic rings. The van der Waals surface area contributed by atoms with Gasteiger partial charge in [-0.15, -0.1) is 0 Å². The second-order valence-electron chi connectivity index (χ2n) is 6.34. The van der Waals surface area contributed by atoms with Crippen LogP contribution in [0.3, 0.4) is 0 Å². The molecule has 0 atom stereocenters. The topological polar surface area (TPSA) is 52.6 Å². The molecule has 0 unspecified atom stereocenters. The summed E-state index contributed by atoms with van der Waals surface area (Å²) in [6.07, 6.45) is 0.829. The van der Waals surface area contributed by atoms with Gasteiger partial charge in [-0.1, -0.05) is 66.7 Å². The van der Waals surface area contributed by atoms with Crippen LogP contribution in [0.5, 0.6) is 0 Å². The van der Waals surface area contributed by atoms with Gasteiger partial charge >= 0.3 is 11.9 Å². The number of hydrogen-bond acceptors (Lipinski definition) is 4. The van der Waals surface area contributed by atoms with Crippen molar-refractivity contribution in [3.8, 4) is 0 Å². The van der Waals surface area contributed by atoms with Crippen LogP contribution in [0.2, 0.25) is 0 Å². The van der Waals surface area contributed by atoms with Crippen LogP contribution in [0.4, 0.5) is 0 Å². The van der Waals surface area contributed by atoms with Gasteiger partial charge in [-0.3, -0.25) is 9.59 Å². The SMILES string of the molecule is O=C(CCCC(=O)OCc1ccc2ccccc2c1)OCc1ccccc1. The van der Waals surface area contributed by atoms with E-state index in [9.17, 15) is 9.59 Å². The maximum absolute atomic E-state index is 11.9. The average molecular weight is 362 g/mol. The number of rotatable bonds is 8. The van der Waals surface area contributed by atoms with Gasteiger partial charge in [-0.25, -0.2) is 0 Å². The van der Waals surface area contributed by atoms with E-state index in [0.717, 1.165) is 21.9 Å². The minimum Gasteiger partial charge on any atom is -0.461 e. The van der Waals surface area contributed by atoms with Crippen LogP contribution in [0.1, 0.15) is 30.4 Å². The van der Waals surface area contributed by atoms with E-state index in [1.165, 1.54) is 0 Å². The molecule has 4 nitrogen and oxygen atoms in total. The zero-order chi connectivity index (χ0) is 18.9. The Kier molecular flexibility index (Phi) is 6.58. The Labute approximate surface area is 158 Å². The van der Waals surface area contributed by atoms with Gasteiger partial charge in [-0.05, 0) is 34.4 Å². The minimum absolute atomic E-state index is 0.202. The number of benzene rings is 3. The summed E-state index contributed by atoms with van der Waals surface area (Å²) in [6, 6.07) is 23.5. The fourth-order valence-corrected chi connectivity index (χ4v) is 2.75. The highest BCUT2D eigenvalue weighted by atomic mass is 16.5. The van der Waals surface area contributed by atoms with E-state index >= 15 is 0 Å². The fourth-order valence-electron chi connectivity index (χ4n) is 2.75. The Morgan fingerprint density at radius 2 is 1.22 bits per heavy atom. The number of esters is 2. The lowest BCUT2D eigenvalue weighted by molar-refractivity contribution is -0.146. The van der Waals surface area contributed by atoms with Crippen molar-refractivity contribution in [1.82, 2.24) is 0 Å². The van der Waals surface area contributed by atoms with Crippen LogP contribution in [0, 0.1) is 0 Å². The summed E-state index contributed by atoms with van der Waals surface area (Å²) < 4.78 is 10.5. The first-order valence-corrected chi connectivity index (χ1v) is 9.03. The van der Waals surface area contributed by atoms with E-state index in [1.54, 1.807) is 0 Å². The first-order valence-electron chi connectivity index (χ1n) is 9.03. The smallest absolute Gasteiger partial charge is 0.306 e. The van der Waals surface area contributed by atoms with Crippen molar-refractivity contribution < 1.29 is 19.1 Å². The molecule has 3 aromatic carbocycles. The van der Waals surface area contributed by atoms with E-state index in [-0.39, 0.29) is 38.0 Å². The highest BCUT2D eigenvalue weighted by Crippen LogP contribution is 2.16. The highest BCUT2D eigenvalue weighted by Gasteiger charge is 2.08. The first kappa shape index (κ1) is 18.6. The first-order chi connectivity index (χ1) is 13.2. The molecular weight excluding hydrogens is 340 g/mol. The molecular formula is C23H22O4. The fraction of sp³-hybridized carbons (Fsp3) is 0.217. The van der Waals surface area contributed by atoms with Crippen molar-refractivity contribution in [3.63, 3.8) is 0 Å². The largest absolute Gasteiger partial charge is 0.461 e. The van der Waals surface area contributed by atoms with Crippen molar-refractivity contribution in [2.45, 2.75) is 32.5 Å². The monoisotopic (exact) mass is 362 g/mol. The van der Waals surface area contributed by atoms with Crippen LogP contribution in [-0.4, -0.2) is 11.9 Å². The zero-order valence-electron chi connectivity index (χ0n) is 15.1. The lowest BCUT2D eigenvalue weighted by Gasteiger charge is -2.07. The van der Waals surface area contributed by atoms with E-state index in [0.29, 0.717) is 6.42 Å². The predicted molar refractivity (Wildman–Crippen MR) is 104 cm³/mol. The third kappa shape index (κ3) is 5.96. The Balaban J connectivity index is 1.34. The highest BCUT2D eigenvalue weighted by molar-refractivity contribution is 5.83. The van der Waals surface area contributed by atoms with Gasteiger partial charge in [0.2, 0.25) is 0 Å². The summed E-state index contributed by atoms with van der Waals surface area (Å²) in [4.78, 5) is 23.6. The summed E-state index contributed by atoms with van der Waals surface area (Å²) in [7, 11) is 0. The lowest BCUT2D eigenvalue weighted by atomic mass is 10.1. The Bertz CT molecular complexity index is 902. The third-order valence-electron chi connectivity index (χ3n) is 4.22. The zero-order valence-corrected chi connectivity index (χ0v) is 15.1. The molecule has 0 heterocycles. The molecule has 0 bridgehead atoms. The van der Waals surface area contributed by atoms with Crippen LogP contribution < -0.4 is 0 Å². The van der Waals surface area contributed by atoms with E-state index in [1.807, 2.05) is 72.8 Å². The summed E-state index contributed by atoms with van der Waals surface area (Å²) in [6.45, 7) is 0.494. The van der Waals surface area contributed by atoms with Gasteiger partial charge in [0.05, 0.1) is 0 Å². The standard InChI is InChI=1S/C23H22O4/c24-22(26-16-18-7-2-1-3-8-18)11-6-12-23(25)27-17-19-13-14-20-9-4-5-10-21(20)15-19/h1-5,7-10,13-15H,6,11-12,16-17H2. The van der Waals surface area contributed by atoms with Crippen LogP contribution in [0.25, 0.3) is 10.8 Å². The molecule has 0 N–H and O–H groups in total. The molecule has 0 fully saturated rings. The van der Waals surface area contributed by atoms with Crippen LogP contribution in [-0.2, 0) is 32.3 Å². The molecule has 0 saturated carbocycles. The van der Waals surface area contributed by atoms with E-state index in [4.69, 9.17) is 9.47 Å². The van der Waals surface area contributed by atoms with Crippen molar-refractivity contribution in [1.29, 1.82) is 0 Å². The van der Waals surface area contributed by atoms with Gasteiger partial charge in [0.1, 0.15) is 13.2 Å². The molecule has 0 radical (unpaired) electrons. The molecule has 0 aliphatic heterocycles. The second kappa shape index (κ2) is 9.53.